The molecule has 0 unspecified atom stereocenters. The fraction of sp³-hybridized carbons (Fsp3) is 0.929. The molecule has 0 spiro atoms. The van der Waals surface area contributed by atoms with Gasteiger partial charge in [-0.1, -0.05) is 26.7 Å². The maximum absolute atomic E-state index is 12.3. The highest BCUT2D eigenvalue weighted by Crippen LogP contribution is 2.24. The molecule has 1 aliphatic carbocycles. The van der Waals surface area contributed by atoms with Crippen molar-refractivity contribution >= 4 is 6.03 Å². The molecule has 0 aliphatic heterocycles. The van der Waals surface area contributed by atoms with Gasteiger partial charge in [-0.2, -0.15) is 0 Å². The molecule has 0 heterocycles. The van der Waals surface area contributed by atoms with Gasteiger partial charge < -0.3 is 10.2 Å². The van der Waals surface area contributed by atoms with Gasteiger partial charge in [-0.15, -0.1) is 0 Å². The zero-order valence-corrected chi connectivity index (χ0v) is 12.0. The summed E-state index contributed by atoms with van der Waals surface area (Å²) < 4.78 is 0. The molecule has 0 aromatic carbocycles. The Kier molecular flexibility index (Phi) is 4.84. The average molecular weight is 240 g/mol. The number of urea groups is 1. The number of nitrogens with one attached hydrogen (secondary N) is 1. The number of nitrogens with zero attached hydrogens (tertiary/aromatic N) is 1. The first-order valence-corrected chi connectivity index (χ1v) is 6.88. The SMILES string of the molecule is CC(C)CN(C(=O)NC(C)(C)C)C1CCCC1. The minimum absolute atomic E-state index is 0.109. The van der Waals surface area contributed by atoms with E-state index in [9.17, 15) is 4.79 Å². The van der Waals surface area contributed by atoms with Crippen LogP contribution in [0.3, 0.4) is 0 Å². The van der Waals surface area contributed by atoms with Crippen molar-refractivity contribution in [2.45, 2.75) is 71.9 Å². The Morgan fingerprint density at radius 2 is 1.82 bits per heavy atom. The lowest BCUT2D eigenvalue weighted by Gasteiger charge is -2.33. The van der Waals surface area contributed by atoms with Crippen molar-refractivity contribution in [1.29, 1.82) is 0 Å². The van der Waals surface area contributed by atoms with Crippen LogP contribution >= 0.6 is 0 Å². The van der Waals surface area contributed by atoms with E-state index in [1.54, 1.807) is 0 Å². The molecule has 1 saturated carbocycles. The lowest BCUT2D eigenvalue weighted by molar-refractivity contribution is 0.158. The van der Waals surface area contributed by atoms with Gasteiger partial charge in [0.15, 0.2) is 0 Å². The summed E-state index contributed by atoms with van der Waals surface area (Å²) in [5, 5.41) is 3.09. The standard InChI is InChI=1S/C14H28N2O/c1-11(2)10-16(12-8-6-7-9-12)13(17)15-14(3,4)5/h11-12H,6-10H2,1-5H3,(H,15,17). The molecule has 0 atom stereocenters. The first-order chi connectivity index (χ1) is 7.79. The molecule has 1 aliphatic rings. The molecule has 100 valence electrons. The van der Waals surface area contributed by atoms with E-state index < -0.39 is 0 Å². The summed E-state index contributed by atoms with van der Waals surface area (Å²) >= 11 is 0. The average Bonchev–Trinajstić information content (AvgIpc) is 2.63. The first kappa shape index (κ1) is 14.3. The molecule has 17 heavy (non-hydrogen) atoms. The normalized spacial score (nSPS) is 17.5. The topological polar surface area (TPSA) is 32.3 Å². The Hall–Kier alpha value is -0.730. The number of carbonyl (C=O) groups is 1. The molecule has 3 nitrogen and oxygen atoms in total. The quantitative estimate of drug-likeness (QED) is 0.805. The van der Waals surface area contributed by atoms with Gasteiger partial charge in [-0.25, -0.2) is 4.79 Å². The maximum atomic E-state index is 12.3. The van der Waals surface area contributed by atoms with E-state index >= 15 is 0 Å². The Morgan fingerprint density at radius 3 is 2.24 bits per heavy atom. The first-order valence-electron chi connectivity index (χ1n) is 6.88. The van der Waals surface area contributed by atoms with Crippen LogP contribution in [0.4, 0.5) is 4.79 Å². The van der Waals surface area contributed by atoms with Crippen molar-refractivity contribution in [3.05, 3.63) is 0 Å². The Balaban J connectivity index is 2.64. The number of carbonyl (C=O) groups excluding carboxylic acids is 1. The second-order valence-electron chi connectivity index (χ2n) is 6.66. The van der Waals surface area contributed by atoms with E-state index in [2.05, 4.69) is 24.1 Å². The summed E-state index contributed by atoms with van der Waals surface area (Å²) in [6.45, 7) is 11.3. The number of rotatable bonds is 3. The lowest BCUT2D eigenvalue weighted by atomic mass is 10.1. The molecular formula is C14H28N2O. The highest BCUT2D eigenvalue weighted by Gasteiger charge is 2.28. The second kappa shape index (κ2) is 5.74. The van der Waals surface area contributed by atoms with Gasteiger partial charge in [-0.05, 0) is 39.5 Å². The van der Waals surface area contributed by atoms with Crippen LogP contribution in [-0.4, -0.2) is 29.1 Å². The van der Waals surface area contributed by atoms with Crippen molar-refractivity contribution < 1.29 is 4.79 Å². The molecule has 0 aromatic heterocycles. The minimum Gasteiger partial charge on any atom is -0.333 e. The highest BCUT2D eigenvalue weighted by molar-refractivity contribution is 5.75. The summed E-state index contributed by atoms with van der Waals surface area (Å²) in [4.78, 5) is 14.4. The third kappa shape index (κ3) is 4.97. The van der Waals surface area contributed by atoms with E-state index in [0.29, 0.717) is 12.0 Å². The molecule has 2 amide bonds. The molecular weight excluding hydrogens is 212 g/mol. The van der Waals surface area contributed by atoms with Gasteiger partial charge in [0.05, 0.1) is 0 Å². The van der Waals surface area contributed by atoms with Gasteiger partial charge in [-0.3, -0.25) is 0 Å². The van der Waals surface area contributed by atoms with E-state index in [4.69, 9.17) is 0 Å². The van der Waals surface area contributed by atoms with Crippen LogP contribution in [0.15, 0.2) is 0 Å². The van der Waals surface area contributed by atoms with E-state index in [-0.39, 0.29) is 11.6 Å². The Labute approximate surface area is 106 Å². The van der Waals surface area contributed by atoms with E-state index in [1.165, 1.54) is 25.7 Å². The molecule has 0 radical (unpaired) electrons. The van der Waals surface area contributed by atoms with Crippen molar-refractivity contribution in [3.8, 4) is 0 Å². The molecule has 0 saturated heterocycles. The summed E-state index contributed by atoms with van der Waals surface area (Å²) in [5.41, 5.74) is -0.148. The number of amides is 2. The molecule has 1 rings (SSSR count). The second-order valence-corrected chi connectivity index (χ2v) is 6.66. The van der Waals surface area contributed by atoms with Crippen molar-refractivity contribution in [1.82, 2.24) is 10.2 Å². The fourth-order valence-electron chi connectivity index (χ4n) is 2.40. The predicted octanol–water partition coefficient (Wildman–Crippen LogP) is 3.40. The maximum Gasteiger partial charge on any atom is 0.318 e. The van der Waals surface area contributed by atoms with E-state index in [1.807, 2.05) is 20.8 Å². The predicted molar refractivity (Wildman–Crippen MR) is 72.1 cm³/mol. The number of hydrogen-bond donors (Lipinski definition) is 1. The summed E-state index contributed by atoms with van der Waals surface area (Å²) in [6, 6.07) is 0.567. The van der Waals surface area contributed by atoms with Gasteiger partial charge in [0.1, 0.15) is 0 Å². The van der Waals surface area contributed by atoms with Gasteiger partial charge in [0.25, 0.3) is 0 Å². The lowest BCUT2D eigenvalue weighted by Crippen LogP contribution is -2.52. The minimum atomic E-state index is -0.148. The smallest absolute Gasteiger partial charge is 0.318 e. The van der Waals surface area contributed by atoms with Gasteiger partial charge in [0.2, 0.25) is 0 Å². The van der Waals surface area contributed by atoms with Crippen LogP contribution in [0.25, 0.3) is 0 Å². The molecule has 3 heteroatoms. The third-order valence-corrected chi connectivity index (χ3v) is 3.07. The van der Waals surface area contributed by atoms with Gasteiger partial charge >= 0.3 is 6.03 Å². The zero-order valence-electron chi connectivity index (χ0n) is 12.0. The van der Waals surface area contributed by atoms with Crippen LogP contribution in [0.1, 0.15) is 60.3 Å². The highest BCUT2D eigenvalue weighted by atomic mass is 16.2. The fourth-order valence-corrected chi connectivity index (χ4v) is 2.40. The molecule has 0 aromatic rings. The molecule has 1 fully saturated rings. The largest absolute Gasteiger partial charge is 0.333 e. The number of hydrogen-bond acceptors (Lipinski definition) is 1. The van der Waals surface area contributed by atoms with Crippen molar-refractivity contribution in [3.63, 3.8) is 0 Å². The van der Waals surface area contributed by atoms with Gasteiger partial charge in [0, 0.05) is 18.1 Å². The van der Waals surface area contributed by atoms with E-state index in [0.717, 1.165) is 6.54 Å². The van der Waals surface area contributed by atoms with Crippen LogP contribution in [0.5, 0.6) is 0 Å². The van der Waals surface area contributed by atoms with Crippen molar-refractivity contribution in [2.75, 3.05) is 6.54 Å². The van der Waals surface area contributed by atoms with Crippen molar-refractivity contribution in [2.24, 2.45) is 5.92 Å². The molecule has 0 bridgehead atoms. The summed E-state index contributed by atoms with van der Waals surface area (Å²) in [5.74, 6) is 0.529. The van der Waals surface area contributed by atoms with Crippen LogP contribution in [0.2, 0.25) is 0 Å². The molecule has 1 N–H and O–H groups in total. The van der Waals surface area contributed by atoms with Crippen LogP contribution in [0, 0.1) is 5.92 Å². The monoisotopic (exact) mass is 240 g/mol. The zero-order chi connectivity index (χ0) is 13.1. The third-order valence-electron chi connectivity index (χ3n) is 3.07. The van der Waals surface area contributed by atoms with Crippen LogP contribution in [-0.2, 0) is 0 Å². The Bertz CT molecular complexity index is 249. The summed E-state index contributed by atoms with van der Waals surface area (Å²) in [7, 11) is 0. The van der Waals surface area contributed by atoms with Crippen LogP contribution < -0.4 is 5.32 Å². The Morgan fingerprint density at radius 1 is 1.29 bits per heavy atom. The summed E-state index contributed by atoms with van der Waals surface area (Å²) in [6.07, 6.45) is 4.87.